The van der Waals surface area contributed by atoms with E-state index in [1.54, 1.807) is 65.7 Å². The van der Waals surface area contributed by atoms with Gasteiger partial charge in [0.2, 0.25) is 0 Å². The second kappa shape index (κ2) is 7.72. The molecule has 3 rings (SSSR count). The van der Waals surface area contributed by atoms with Crippen LogP contribution in [0.2, 0.25) is 0 Å². The number of thiophene rings is 1. The Bertz CT molecular complexity index is 967. The molecule has 1 amide bonds. The average molecular weight is 386 g/mol. The van der Waals surface area contributed by atoms with Crippen molar-refractivity contribution >= 4 is 33.0 Å². The molecule has 134 valence electrons. The minimum atomic E-state index is -3.64. The highest BCUT2D eigenvalue weighted by atomic mass is 32.2. The zero-order valence-electron chi connectivity index (χ0n) is 14.1. The highest BCUT2D eigenvalue weighted by Crippen LogP contribution is 2.18. The summed E-state index contributed by atoms with van der Waals surface area (Å²) in [6, 6.07) is 18.5. The van der Waals surface area contributed by atoms with Gasteiger partial charge >= 0.3 is 0 Å². The number of hydrogen-bond acceptors (Lipinski definition) is 4. The van der Waals surface area contributed by atoms with Crippen molar-refractivity contribution in [2.45, 2.75) is 11.4 Å². The Morgan fingerprint density at radius 2 is 1.69 bits per heavy atom. The van der Waals surface area contributed by atoms with Gasteiger partial charge in [-0.15, -0.1) is 11.3 Å². The van der Waals surface area contributed by atoms with Crippen molar-refractivity contribution in [3.8, 4) is 0 Å². The van der Waals surface area contributed by atoms with Gasteiger partial charge in [0, 0.05) is 23.2 Å². The summed E-state index contributed by atoms with van der Waals surface area (Å²) in [5.74, 6) is -0.115. The minimum absolute atomic E-state index is 0.115. The summed E-state index contributed by atoms with van der Waals surface area (Å²) >= 11 is 1.60. The van der Waals surface area contributed by atoms with Gasteiger partial charge in [0.25, 0.3) is 15.9 Å². The lowest BCUT2D eigenvalue weighted by Gasteiger charge is -2.16. The molecular formula is C19H18N2O3S2. The predicted octanol–water partition coefficient (Wildman–Crippen LogP) is 3.82. The van der Waals surface area contributed by atoms with Gasteiger partial charge in [-0.25, -0.2) is 8.42 Å². The molecule has 0 spiro atoms. The lowest BCUT2D eigenvalue weighted by atomic mass is 10.2. The van der Waals surface area contributed by atoms with E-state index >= 15 is 0 Å². The molecule has 0 atom stereocenters. The first-order valence-electron chi connectivity index (χ1n) is 7.91. The molecule has 0 radical (unpaired) electrons. The summed E-state index contributed by atoms with van der Waals surface area (Å²) in [6.45, 7) is 0.541. The van der Waals surface area contributed by atoms with Crippen LogP contribution >= 0.6 is 11.3 Å². The average Bonchev–Trinajstić information content (AvgIpc) is 3.15. The molecule has 0 aliphatic heterocycles. The van der Waals surface area contributed by atoms with Gasteiger partial charge in [-0.1, -0.05) is 24.3 Å². The van der Waals surface area contributed by atoms with Crippen molar-refractivity contribution in [1.29, 1.82) is 0 Å². The molecule has 0 unspecified atom stereocenters. The molecule has 1 N–H and O–H groups in total. The third kappa shape index (κ3) is 4.30. The molecule has 1 heterocycles. The molecule has 0 fully saturated rings. The van der Waals surface area contributed by atoms with Crippen molar-refractivity contribution in [1.82, 2.24) is 4.90 Å². The smallest absolute Gasteiger partial charge is 0.261 e. The second-order valence-electron chi connectivity index (χ2n) is 5.74. The number of sulfonamides is 1. The normalized spacial score (nSPS) is 11.1. The molecule has 0 bridgehead atoms. The monoisotopic (exact) mass is 386 g/mol. The van der Waals surface area contributed by atoms with Gasteiger partial charge < -0.3 is 4.90 Å². The molecule has 2 aromatic carbocycles. The molecule has 7 heteroatoms. The van der Waals surface area contributed by atoms with Crippen LogP contribution in [0.15, 0.2) is 77.0 Å². The lowest BCUT2D eigenvalue weighted by molar-refractivity contribution is 0.0786. The van der Waals surface area contributed by atoms with Crippen LogP contribution in [0.1, 0.15) is 15.2 Å². The van der Waals surface area contributed by atoms with E-state index in [1.165, 1.54) is 12.1 Å². The van der Waals surface area contributed by atoms with E-state index in [1.807, 2.05) is 17.5 Å². The van der Waals surface area contributed by atoms with Crippen LogP contribution in [0.5, 0.6) is 0 Å². The van der Waals surface area contributed by atoms with Gasteiger partial charge in [-0.05, 0) is 47.8 Å². The Morgan fingerprint density at radius 3 is 2.31 bits per heavy atom. The first-order valence-corrected chi connectivity index (χ1v) is 10.3. The minimum Gasteiger partial charge on any atom is -0.337 e. The van der Waals surface area contributed by atoms with Crippen molar-refractivity contribution in [2.75, 3.05) is 11.8 Å². The molecular weight excluding hydrogens is 368 g/mol. The Hall–Kier alpha value is -2.64. The standard InChI is InChI=1S/C19H18N2O3S2/c1-21(14-17-6-5-13-25-17)19(22)15-9-11-16(12-10-15)20-26(23,24)18-7-3-2-4-8-18/h2-13,20H,14H2,1H3. The molecule has 1 aromatic heterocycles. The number of nitrogens with one attached hydrogen (secondary N) is 1. The number of hydrogen-bond donors (Lipinski definition) is 1. The number of rotatable bonds is 6. The lowest BCUT2D eigenvalue weighted by Crippen LogP contribution is -2.25. The van der Waals surface area contributed by atoms with E-state index in [9.17, 15) is 13.2 Å². The largest absolute Gasteiger partial charge is 0.337 e. The van der Waals surface area contributed by atoms with E-state index in [0.717, 1.165) is 4.88 Å². The first-order chi connectivity index (χ1) is 12.5. The van der Waals surface area contributed by atoms with Crippen molar-refractivity contribution in [3.63, 3.8) is 0 Å². The number of nitrogens with zero attached hydrogens (tertiary/aromatic N) is 1. The predicted molar refractivity (Wildman–Crippen MR) is 104 cm³/mol. The Balaban J connectivity index is 1.69. The summed E-state index contributed by atoms with van der Waals surface area (Å²) < 4.78 is 27.2. The van der Waals surface area contributed by atoms with Crippen molar-refractivity contribution in [2.24, 2.45) is 0 Å². The van der Waals surface area contributed by atoms with Crippen LogP contribution < -0.4 is 4.72 Å². The fourth-order valence-corrected chi connectivity index (χ4v) is 4.26. The fourth-order valence-electron chi connectivity index (χ4n) is 2.42. The zero-order chi connectivity index (χ0) is 18.6. The Morgan fingerprint density at radius 1 is 1.00 bits per heavy atom. The van der Waals surface area contributed by atoms with Crippen LogP contribution in [0.3, 0.4) is 0 Å². The third-order valence-electron chi connectivity index (χ3n) is 3.76. The first kappa shape index (κ1) is 18.2. The Labute approximate surface area is 157 Å². The number of carbonyl (C=O) groups excluding carboxylic acids is 1. The van der Waals surface area contributed by atoms with Gasteiger partial charge in [-0.2, -0.15) is 0 Å². The molecule has 0 saturated carbocycles. The van der Waals surface area contributed by atoms with E-state index < -0.39 is 10.0 Å². The van der Waals surface area contributed by atoms with Gasteiger partial charge in [-0.3, -0.25) is 9.52 Å². The SMILES string of the molecule is CN(Cc1cccs1)C(=O)c1ccc(NS(=O)(=O)c2ccccc2)cc1. The van der Waals surface area contributed by atoms with Crippen LogP contribution in [-0.2, 0) is 16.6 Å². The highest BCUT2D eigenvalue weighted by molar-refractivity contribution is 7.92. The highest BCUT2D eigenvalue weighted by Gasteiger charge is 2.15. The van der Waals surface area contributed by atoms with Gasteiger partial charge in [0.1, 0.15) is 0 Å². The van der Waals surface area contributed by atoms with Crippen molar-refractivity contribution < 1.29 is 13.2 Å². The maximum atomic E-state index is 12.5. The van der Waals surface area contributed by atoms with E-state index in [2.05, 4.69) is 4.72 Å². The topological polar surface area (TPSA) is 66.5 Å². The van der Waals surface area contributed by atoms with E-state index in [0.29, 0.717) is 17.8 Å². The molecule has 0 aliphatic rings. The number of carbonyl (C=O) groups is 1. The zero-order valence-corrected chi connectivity index (χ0v) is 15.8. The van der Waals surface area contributed by atoms with Crippen LogP contribution in [0.25, 0.3) is 0 Å². The molecule has 0 aliphatic carbocycles. The molecule has 5 nitrogen and oxygen atoms in total. The number of anilines is 1. The maximum Gasteiger partial charge on any atom is 0.261 e. The van der Waals surface area contributed by atoms with E-state index in [4.69, 9.17) is 0 Å². The summed E-state index contributed by atoms with van der Waals surface area (Å²) in [5, 5.41) is 1.97. The second-order valence-corrected chi connectivity index (χ2v) is 8.45. The summed E-state index contributed by atoms with van der Waals surface area (Å²) in [6.07, 6.45) is 0. The maximum absolute atomic E-state index is 12.5. The van der Waals surface area contributed by atoms with E-state index in [-0.39, 0.29) is 10.8 Å². The van der Waals surface area contributed by atoms with Gasteiger partial charge in [0.05, 0.1) is 11.4 Å². The molecule has 3 aromatic rings. The Kier molecular flexibility index (Phi) is 5.39. The summed E-state index contributed by atoms with van der Waals surface area (Å²) in [4.78, 5) is 15.4. The molecule has 26 heavy (non-hydrogen) atoms. The summed E-state index contributed by atoms with van der Waals surface area (Å²) in [7, 11) is -1.90. The van der Waals surface area contributed by atoms with Crippen LogP contribution in [0, 0.1) is 0 Å². The van der Waals surface area contributed by atoms with Crippen molar-refractivity contribution in [3.05, 3.63) is 82.6 Å². The summed E-state index contributed by atoms with van der Waals surface area (Å²) in [5.41, 5.74) is 0.915. The van der Waals surface area contributed by atoms with Gasteiger partial charge in [0.15, 0.2) is 0 Å². The number of benzene rings is 2. The number of amides is 1. The quantitative estimate of drug-likeness (QED) is 0.700. The van der Waals surface area contributed by atoms with Crippen LogP contribution in [-0.4, -0.2) is 26.3 Å². The fraction of sp³-hybridized carbons (Fsp3) is 0.105. The third-order valence-corrected chi connectivity index (χ3v) is 6.02. The van der Waals surface area contributed by atoms with Crippen LogP contribution in [0.4, 0.5) is 5.69 Å². The molecule has 0 saturated heterocycles.